The zero-order valence-electron chi connectivity index (χ0n) is 11.0. The standard InChI is InChI=1S/C13H21N3O2S/c14-13-6-2-1-5-12(13)11-19(17,18)15-7-10-16-8-3-4-9-16/h1-2,5-6,15H,3-4,7-11,14H2. The summed E-state index contributed by atoms with van der Waals surface area (Å²) < 4.78 is 26.5. The summed E-state index contributed by atoms with van der Waals surface area (Å²) in [5, 5.41) is 0. The fraction of sp³-hybridized carbons (Fsp3) is 0.538. The van der Waals surface area contributed by atoms with Crippen molar-refractivity contribution in [2.24, 2.45) is 0 Å². The summed E-state index contributed by atoms with van der Waals surface area (Å²) in [5.41, 5.74) is 6.93. The van der Waals surface area contributed by atoms with E-state index < -0.39 is 10.0 Å². The van der Waals surface area contributed by atoms with Gasteiger partial charge in [-0.15, -0.1) is 0 Å². The van der Waals surface area contributed by atoms with Gasteiger partial charge in [0.25, 0.3) is 0 Å². The highest BCUT2D eigenvalue weighted by Crippen LogP contribution is 2.13. The van der Waals surface area contributed by atoms with Crippen LogP contribution in [0.3, 0.4) is 0 Å². The fourth-order valence-corrected chi connectivity index (χ4v) is 3.46. The maximum atomic E-state index is 11.9. The number of nitrogen functional groups attached to an aromatic ring is 1. The Labute approximate surface area is 114 Å². The Morgan fingerprint density at radius 3 is 2.58 bits per heavy atom. The van der Waals surface area contributed by atoms with Crippen molar-refractivity contribution in [2.75, 3.05) is 31.9 Å². The molecule has 1 fully saturated rings. The van der Waals surface area contributed by atoms with E-state index in [4.69, 9.17) is 5.73 Å². The minimum Gasteiger partial charge on any atom is -0.398 e. The topological polar surface area (TPSA) is 75.4 Å². The number of nitrogens with zero attached hydrogens (tertiary/aromatic N) is 1. The Hall–Kier alpha value is -1.11. The molecule has 0 amide bonds. The van der Waals surface area contributed by atoms with E-state index in [9.17, 15) is 8.42 Å². The highest BCUT2D eigenvalue weighted by atomic mass is 32.2. The number of anilines is 1. The number of sulfonamides is 1. The second-order valence-electron chi connectivity index (χ2n) is 4.90. The molecule has 6 heteroatoms. The third-order valence-electron chi connectivity index (χ3n) is 3.35. The molecule has 0 bridgehead atoms. The van der Waals surface area contributed by atoms with Crippen molar-refractivity contribution in [3.05, 3.63) is 29.8 Å². The van der Waals surface area contributed by atoms with E-state index in [0.29, 0.717) is 17.8 Å². The summed E-state index contributed by atoms with van der Waals surface area (Å²) in [6.07, 6.45) is 2.43. The zero-order chi connectivity index (χ0) is 13.7. The highest BCUT2D eigenvalue weighted by Gasteiger charge is 2.15. The lowest BCUT2D eigenvalue weighted by molar-refractivity contribution is 0.344. The van der Waals surface area contributed by atoms with Crippen LogP contribution >= 0.6 is 0 Å². The van der Waals surface area contributed by atoms with Crippen LogP contribution in [-0.2, 0) is 15.8 Å². The Kier molecular flexibility index (Phi) is 4.79. The molecule has 0 unspecified atom stereocenters. The van der Waals surface area contributed by atoms with Crippen LogP contribution in [0.15, 0.2) is 24.3 Å². The van der Waals surface area contributed by atoms with Gasteiger partial charge in [-0.2, -0.15) is 0 Å². The molecule has 1 aromatic carbocycles. The minimum absolute atomic E-state index is 0.0559. The minimum atomic E-state index is -3.31. The van der Waals surface area contributed by atoms with Crippen molar-refractivity contribution in [1.29, 1.82) is 0 Å². The first kappa shape index (κ1) is 14.3. The molecule has 19 heavy (non-hydrogen) atoms. The van der Waals surface area contributed by atoms with Gasteiger partial charge in [-0.1, -0.05) is 18.2 Å². The maximum Gasteiger partial charge on any atom is 0.215 e. The number of nitrogens with two attached hydrogens (primary N) is 1. The van der Waals surface area contributed by atoms with Gasteiger partial charge in [-0.3, -0.25) is 0 Å². The lowest BCUT2D eigenvalue weighted by atomic mass is 10.2. The summed E-state index contributed by atoms with van der Waals surface area (Å²) in [7, 11) is -3.31. The quantitative estimate of drug-likeness (QED) is 0.757. The molecule has 5 nitrogen and oxygen atoms in total. The predicted octanol–water partition coefficient (Wildman–Crippen LogP) is 0.784. The van der Waals surface area contributed by atoms with E-state index >= 15 is 0 Å². The normalized spacial score (nSPS) is 16.8. The Bertz CT molecular complexity index is 510. The van der Waals surface area contributed by atoms with Crippen molar-refractivity contribution < 1.29 is 8.42 Å². The highest BCUT2D eigenvalue weighted by molar-refractivity contribution is 7.88. The number of likely N-dealkylation sites (tertiary alicyclic amines) is 1. The van der Waals surface area contributed by atoms with Gasteiger partial charge in [0.1, 0.15) is 0 Å². The van der Waals surface area contributed by atoms with Crippen LogP contribution in [0.1, 0.15) is 18.4 Å². The lowest BCUT2D eigenvalue weighted by Crippen LogP contribution is -2.34. The summed E-state index contributed by atoms with van der Waals surface area (Å²) in [4.78, 5) is 2.28. The van der Waals surface area contributed by atoms with E-state index in [2.05, 4.69) is 9.62 Å². The number of para-hydroxylation sites is 1. The third kappa shape index (κ3) is 4.49. The van der Waals surface area contributed by atoms with Gasteiger partial charge >= 0.3 is 0 Å². The lowest BCUT2D eigenvalue weighted by Gasteiger charge is -2.15. The summed E-state index contributed by atoms with van der Waals surface area (Å²) in [5.74, 6) is -0.0559. The van der Waals surface area contributed by atoms with Crippen LogP contribution in [0.25, 0.3) is 0 Å². The average Bonchev–Trinajstić information content (AvgIpc) is 2.85. The van der Waals surface area contributed by atoms with Gasteiger partial charge in [-0.05, 0) is 37.6 Å². The van der Waals surface area contributed by atoms with Crippen molar-refractivity contribution in [1.82, 2.24) is 9.62 Å². The molecule has 0 atom stereocenters. The number of hydrogen-bond acceptors (Lipinski definition) is 4. The van der Waals surface area contributed by atoms with E-state index in [0.717, 1.165) is 19.6 Å². The Morgan fingerprint density at radius 2 is 1.89 bits per heavy atom. The van der Waals surface area contributed by atoms with Crippen LogP contribution in [0.2, 0.25) is 0 Å². The Balaban J connectivity index is 1.83. The number of rotatable bonds is 6. The predicted molar refractivity (Wildman–Crippen MR) is 77.2 cm³/mol. The molecule has 3 N–H and O–H groups in total. The fourth-order valence-electron chi connectivity index (χ4n) is 2.29. The number of nitrogens with one attached hydrogen (secondary N) is 1. The van der Waals surface area contributed by atoms with Gasteiger partial charge in [0.05, 0.1) is 5.75 Å². The second-order valence-corrected chi connectivity index (χ2v) is 6.71. The molecule has 1 heterocycles. The molecule has 2 rings (SSSR count). The molecular weight excluding hydrogens is 262 g/mol. The largest absolute Gasteiger partial charge is 0.398 e. The van der Waals surface area contributed by atoms with E-state index in [-0.39, 0.29) is 5.75 Å². The Morgan fingerprint density at radius 1 is 1.21 bits per heavy atom. The van der Waals surface area contributed by atoms with Gasteiger partial charge in [-0.25, -0.2) is 13.1 Å². The molecule has 0 aliphatic carbocycles. The van der Waals surface area contributed by atoms with Crippen LogP contribution < -0.4 is 10.5 Å². The first-order chi connectivity index (χ1) is 9.07. The summed E-state index contributed by atoms with van der Waals surface area (Å²) >= 11 is 0. The number of hydrogen-bond donors (Lipinski definition) is 2. The second kappa shape index (κ2) is 6.36. The third-order valence-corrected chi connectivity index (χ3v) is 4.68. The van der Waals surface area contributed by atoms with Gasteiger partial charge < -0.3 is 10.6 Å². The molecule has 0 saturated carbocycles. The van der Waals surface area contributed by atoms with Crippen LogP contribution in [-0.4, -0.2) is 39.5 Å². The molecule has 0 spiro atoms. The molecule has 1 aliphatic rings. The molecule has 1 saturated heterocycles. The first-order valence-corrected chi connectivity index (χ1v) is 8.25. The molecule has 1 aromatic rings. The molecule has 0 radical (unpaired) electrons. The van der Waals surface area contributed by atoms with Crippen LogP contribution in [0, 0.1) is 0 Å². The average molecular weight is 283 g/mol. The molecule has 106 valence electrons. The van der Waals surface area contributed by atoms with Crippen molar-refractivity contribution in [2.45, 2.75) is 18.6 Å². The summed E-state index contributed by atoms with van der Waals surface area (Å²) in [6, 6.07) is 7.06. The van der Waals surface area contributed by atoms with Gasteiger partial charge in [0.2, 0.25) is 10.0 Å². The first-order valence-electron chi connectivity index (χ1n) is 6.60. The van der Waals surface area contributed by atoms with E-state index in [1.165, 1.54) is 12.8 Å². The molecular formula is C13H21N3O2S. The van der Waals surface area contributed by atoms with E-state index in [1.807, 2.05) is 0 Å². The van der Waals surface area contributed by atoms with Gasteiger partial charge in [0.15, 0.2) is 0 Å². The van der Waals surface area contributed by atoms with Crippen molar-refractivity contribution in [3.8, 4) is 0 Å². The van der Waals surface area contributed by atoms with Crippen molar-refractivity contribution >= 4 is 15.7 Å². The summed E-state index contributed by atoms with van der Waals surface area (Å²) in [6.45, 7) is 3.40. The van der Waals surface area contributed by atoms with Crippen LogP contribution in [0.5, 0.6) is 0 Å². The number of benzene rings is 1. The SMILES string of the molecule is Nc1ccccc1CS(=O)(=O)NCCN1CCCC1. The van der Waals surface area contributed by atoms with Crippen LogP contribution in [0.4, 0.5) is 5.69 Å². The van der Waals surface area contributed by atoms with Gasteiger partial charge in [0, 0.05) is 18.8 Å². The van der Waals surface area contributed by atoms with Crippen molar-refractivity contribution in [3.63, 3.8) is 0 Å². The maximum absolute atomic E-state index is 11.9. The monoisotopic (exact) mass is 283 g/mol. The van der Waals surface area contributed by atoms with E-state index in [1.54, 1.807) is 24.3 Å². The molecule has 0 aromatic heterocycles. The molecule has 1 aliphatic heterocycles. The smallest absolute Gasteiger partial charge is 0.215 e. The zero-order valence-corrected chi connectivity index (χ0v) is 11.8.